The molecule has 0 saturated carbocycles. The van der Waals surface area contributed by atoms with E-state index in [0.717, 1.165) is 5.56 Å². The van der Waals surface area contributed by atoms with Gasteiger partial charge in [-0.25, -0.2) is 4.98 Å². The summed E-state index contributed by atoms with van der Waals surface area (Å²) < 4.78 is 5.39. The molecule has 0 bridgehead atoms. The first-order valence-electron chi connectivity index (χ1n) is 5.58. The fraction of sp³-hybridized carbons (Fsp3) is 0.538. The Hall–Kier alpha value is -1.58. The number of pyridine rings is 1. The Kier molecular flexibility index (Phi) is 3.45. The highest BCUT2D eigenvalue weighted by Crippen LogP contribution is 2.26. The maximum Gasteiger partial charge on any atom is 0.316 e. The molecule has 1 heterocycles. The summed E-state index contributed by atoms with van der Waals surface area (Å²) in [4.78, 5) is 16.1. The van der Waals surface area contributed by atoms with Gasteiger partial charge in [0.25, 0.3) is 0 Å². The lowest BCUT2D eigenvalue weighted by Crippen LogP contribution is -2.36. The number of nitrogen functional groups attached to an aromatic ring is 1. The van der Waals surface area contributed by atoms with Crippen molar-refractivity contribution >= 4 is 11.8 Å². The minimum atomic E-state index is -0.728. The number of nitrogens with two attached hydrogens (primary N) is 1. The molecule has 17 heavy (non-hydrogen) atoms. The monoisotopic (exact) mass is 236 g/mol. The summed E-state index contributed by atoms with van der Waals surface area (Å²) in [6.07, 6.45) is 1.61. The van der Waals surface area contributed by atoms with Crippen LogP contribution >= 0.6 is 0 Å². The molecule has 0 radical (unpaired) electrons. The standard InChI is InChI=1S/C13H20N2O2/c1-12(2,3)17-11(16)13(4,5)9-6-7-10(14)15-8-9/h6-8H,1-5H3,(H2,14,15). The van der Waals surface area contributed by atoms with Gasteiger partial charge < -0.3 is 10.5 Å². The van der Waals surface area contributed by atoms with Crippen molar-refractivity contribution in [3.05, 3.63) is 23.9 Å². The molecule has 0 aliphatic heterocycles. The largest absolute Gasteiger partial charge is 0.459 e. The van der Waals surface area contributed by atoms with E-state index in [1.165, 1.54) is 0 Å². The molecule has 4 nitrogen and oxygen atoms in total. The van der Waals surface area contributed by atoms with Gasteiger partial charge in [-0.3, -0.25) is 4.79 Å². The van der Waals surface area contributed by atoms with Crippen molar-refractivity contribution in [1.29, 1.82) is 0 Å². The van der Waals surface area contributed by atoms with Crippen molar-refractivity contribution in [2.45, 2.75) is 45.6 Å². The first-order valence-corrected chi connectivity index (χ1v) is 5.58. The molecule has 0 aliphatic rings. The normalized spacial score (nSPS) is 12.3. The van der Waals surface area contributed by atoms with Gasteiger partial charge in [0.15, 0.2) is 0 Å². The summed E-state index contributed by atoms with van der Waals surface area (Å²) in [6.45, 7) is 9.18. The fourth-order valence-corrected chi connectivity index (χ4v) is 1.30. The summed E-state index contributed by atoms with van der Waals surface area (Å²) in [5, 5.41) is 0. The van der Waals surface area contributed by atoms with Crippen LogP contribution in [0.3, 0.4) is 0 Å². The van der Waals surface area contributed by atoms with Crippen LogP contribution in [-0.4, -0.2) is 16.6 Å². The minimum absolute atomic E-state index is 0.267. The van der Waals surface area contributed by atoms with Gasteiger partial charge in [0, 0.05) is 6.20 Å². The number of rotatable bonds is 2. The number of carbonyl (C=O) groups excluding carboxylic acids is 1. The zero-order valence-corrected chi connectivity index (χ0v) is 11.1. The lowest BCUT2D eigenvalue weighted by atomic mass is 9.85. The highest BCUT2D eigenvalue weighted by molar-refractivity contribution is 5.82. The summed E-state index contributed by atoms with van der Waals surface area (Å²) >= 11 is 0. The molecule has 0 amide bonds. The quantitative estimate of drug-likeness (QED) is 0.800. The first-order chi connectivity index (χ1) is 7.63. The number of hydrogen-bond acceptors (Lipinski definition) is 4. The van der Waals surface area contributed by atoms with Crippen LogP contribution in [0, 0.1) is 0 Å². The van der Waals surface area contributed by atoms with Crippen molar-refractivity contribution < 1.29 is 9.53 Å². The lowest BCUT2D eigenvalue weighted by Gasteiger charge is -2.28. The van der Waals surface area contributed by atoms with Crippen molar-refractivity contribution in [1.82, 2.24) is 4.98 Å². The van der Waals surface area contributed by atoms with Crippen LogP contribution in [0.4, 0.5) is 5.82 Å². The van der Waals surface area contributed by atoms with E-state index in [1.54, 1.807) is 18.3 Å². The van der Waals surface area contributed by atoms with Crippen molar-refractivity contribution in [2.75, 3.05) is 5.73 Å². The molecule has 94 valence electrons. The summed E-state index contributed by atoms with van der Waals surface area (Å²) in [6, 6.07) is 3.48. The van der Waals surface area contributed by atoms with E-state index in [2.05, 4.69) is 4.98 Å². The molecule has 2 N–H and O–H groups in total. The average molecular weight is 236 g/mol. The van der Waals surface area contributed by atoms with Crippen LogP contribution in [0.25, 0.3) is 0 Å². The topological polar surface area (TPSA) is 65.2 Å². The predicted octanol–water partition coefficient (Wildman–Crippen LogP) is 2.28. The fourth-order valence-electron chi connectivity index (χ4n) is 1.30. The van der Waals surface area contributed by atoms with Crippen molar-refractivity contribution in [3.8, 4) is 0 Å². The van der Waals surface area contributed by atoms with Crippen molar-refractivity contribution in [2.24, 2.45) is 0 Å². The van der Waals surface area contributed by atoms with Crippen LogP contribution in [0.2, 0.25) is 0 Å². The van der Waals surface area contributed by atoms with Gasteiger partial charge in [-0.15, -0.1) is 0 Å². The number of esters is 1. The molecule has 1 aromatic heterocycles. The Balaban J connectivity index is 2.94. The molecule has 0 spiro atoms. The maximum atomic E-state index is 12.1. The van der Waals surface area contributed by atoms with E-state index in [0.29, 0.717) is 5.82 Å². The van der Waals surface area contributed by atoms with Crippen LogP contribution < -0.4 is 5.73 Å². The molecule has 0 fully saturated rings. The van der Waals surface area contributed by atoms with Crippen LogP contribution in [0.15, 0.2) is 18.3 Å². The molecule has 0 unspecified atom stereocenters. The lowest BCUT2D eigenvalue weighted by molar-refractivity contribution is -0.160. The molecule has 0 aromatic carbocycles. The Labute approximate surface area is 102 Å². The summed E-state index contributed by atoms with van der Waals surface area (Å²) in [5.41, 5.74) is 5.09. The van der Waals surface area contributed by atoms with E-state index in [1.807, 2.05) is 34.6 Å². The van der Waals surface area contributed by atoms with E-state index in [-0.39, 0.29) is 5.97 Å². The van der Waals surface area contributed by atoms with Crippen molar-refractivity contribution in [3.63, 3.8) is 0 Å². The number of ether oxygens (including phenoxy) is 1. The minimum Gasteiger partial charge on any atom is -0.459 e. The highest BCUT2D eigenvalue weighted by Gasteiger charge is 2.34. The van der Waals surface area contributed by atoms with E-state index in [4.69, 9.17) is 10.5 Å². The first kappa shape index (κ1) is 13.5. The van der Waals surface area contributed by atoms with Crippen LogP contribution in [0.5, 0.6) is 0 Å². The molecule has 1 aromatic rings. The second-order valence-corrected chi connectivity index (χ2v) is 5.60. The second-order valence-electron chi connectivity index (χ2n) is 5.60. The molecule has 0 atom stereocenters. The molecule has 0 aliphatic carbocycles. The predicted molar refractivity (Wildman–Crippen MR) is 67.5 cm³/mol. The Morgan fingerprint density at radius 2 is 1.82 bits per heavy atom. The van der Waals surface area contributed by atoms with E-state index >= 15 is 0 Å². The summed E-state index contributed by atoms with van der Waals surface area (Å²) in [7, 11) is 0. The Morgan fingerprint density at radius 3 is 2.24 bits per heavy atom. The van der Waals surface area contributed by atoms with Gasteiger partial charge in [0.05, 0.1) is 5.41 Å². The second kappa shape index (κ2) is 4.35. The summed E-state index contributed by atoms with van der Waals surface area (Å²) in [5.74, 6) is 0.172. The number of carbonyl (C=O) groups is 1. The third kappa shape index (κ3) is 3.44. The molecular weight excluding hydrogens is 216 g/mol. The zero-order chi connectivity index (χ0) is 13.3. The van der Waals surface area contributed by atoms with Gasteiger partial charge in [-0.2, -0.15) is 0 Å². The smallest absolute Gasteiger partial charge is 0.316 e. The van der Waals surface area contributed by atoms with Gasteiger partial charge in [-0.1, -0.05) is 6.07 Å². The molecular formula is C13H20N2O2. The molecule has 0 saturated heterocycles. The third-order valence-corrected chi connectivity index (χ3v) is 2.42. The third-order valence-electron chi connectivity index (χ3n) is 2.42. The van der Waals surface area contributed by atoms with E-state index < -0.39 is 11.0 Å². The number of nitrogens with zero attached hydrogens (tertiary/aromatic N) is 1. The Morgan fingerprint density at radius 1 is 1.24 bits per heavy atom. The van der Waals surface area contributed by atoms with Gasteiger partial charge in [-0.05, 0) is 46.2 Å². The SMILES string of the molecule is CC(C)(C)OC(=O)C(C)(C)c1ccc(N)nc1. The average Bonchev–Trinajstić information content (AvgIpc) is 2.15. The van der Waals surface area contributed by atoms with Crippen LogP contribution in [0.1, 0.15) is 40.2 Å². The van der Waals surface area contributed by atoms with E-state index in [9.17, 15) is 4.79 Å². The number of aromatic nitrogens is 1. The van der Waals surface area contributed by atoms with Crippen LogP contribution in [-0.2, 0) is 14.9 Å². The number of anilines is 1. The molecule has 1 rings (SSSR count). The highest BCUT2D eigenvalue weighted by atomic mass is 16.6. The van der Waals surface area contributed by atoms with Gasteiger partial charge >= 0.3 is 5.97 Å². The zero-order valence-electron chi connectivity index (χ0n) is 11.1. The molecule has 4 heteroatoms. The maximum absolute atomic E-state index is 12.1. The van der Waals surface area contributed by atoms with Gasteiger partial charge in [0.1, 0.15) is 11.4 Å². The Bertz CT molecular complexity index is 402. The number of hydrogen-bond donors (Lipinski definition) is 1. The van der Waals surface area contributed by atoms with Gasteiger partial charge in [0.2, 0.25) is 0 Å².